The minimum absolute atomic E-state index is 0. The third-order valence-corrected chi connectivity index (χ3v) is 3.85. The van der Waals surface area contributed by atoms with Crippen molar-refractivity contribution in [1.82, 2.24) is 0 Å². The number of hydrogen-bond acceptors (Lipinski definition) is 2. The fraction of sp³-hybridized carbons (Fsp3) is 0.0667. The molecule has 0 aliphatic rings. The van der Waals surface area contributed by atoms with Crippen LogP contribution in [0.15, 0.2) is 60.1 Å². The summed E-state index contributed by atoms with van der Waals surface area (Å²) >= 11 is 1.66. The van der Waals surface area contributed by atoms with Crippen LogP contribution in [0.1, 0.15) is 10.4 Å². The van der Waals surface area contributed by atoms with E-state index in [1.165, 1.54) is 4.70 Å². The fourth-order valence-electron chi connectivity index (χ4n) is 1.96. The number of thiazole rings is 1. The van der Waals surface area contributed by atoms with Crippen molar-refractivity contribution in [3.05, 3.63) is 65.7 Å². The molecule has 0 aliphatic heterocycles. The summed E-state index contributed by atoms with van der Waals surface area (Å²) in [5.41, 5.74) is 3.89. The standard InChI is InChI=1S/C15H12NOS.BrH/c17-14(12-6-2-1-3-7-12)10-16-11-18-15-9-5-4-8-13(15)16;/h1-9,11H,10H2;1H/q+1;/p-1. The highest BCUT2D eigenvalue weighted by Gasteiger charge is 2.16. The SMILES string of the molecule is O=C(C[n+]1csc2ccccc21)c1ccccc1.[Br-]. The summed E-state index contributed by atoms with van der Waals surface area (Å²) in [4.78, 5) is 12.1. The first-order chi connectivity index (χ1) is 8.84. The van der Waals surface area contributed by atoms with E-state index in [2.05, 4.69) is 6.07 Å². The van der Waals surface area contributed by atoms with E-state index in [0.717, 1.165) is 11.1 Å². The number of ketones is 1. The molecule has 19 heavy (non-hydrogen) atoms. The number of hydrogen-bond donors (Lipinski definition) is 0. The lowest BCUT2D eigenvalue weighted by atomic mass is 10.1. The maximum atomic E-state index is 12.1. The molecule has 1 aromatic heterocycles. The van der Waals surface area contributed by atoms with Gasteiger partial charge in [0.25, 0.3) is 0 Å². The second-order valence-corrected chi connectivity index (χ2v) is 4.99. The number of nitrogens with zero attached hydrogens (tertiary/aromatic N) is 1. The Labute approximate surface area is 126 Å². The van der Waals surface area contributed by atoms with E-state index >= 15 is 0 Å². The Bertz CT molecular complexity index is 693. The Hall–Kier alpha value is -1.52. The van der Waals surface area contributed by atoms with Crippen LogP contribution >= 0.6 is 11.3 Å². The molecule has 96 valence electrons. The zero-order valence-corrected chi connectivity index (χ0v) is 12.5. The van der Waals surface area contributed by atoms with E-state index in [4.69, 9.17) is 0 Å². The molecule has 3 rings (SSSR count). The topological polar surface area (TPSA) is 20.9 Å². The number of fused-ring (bicyclic) bond motifs is 1. The van der Waals surface area contributed by atoms with Crippen molar-refractivity contribution in [1.29, 1.82) is 0 Å². The summed E-state index contributed by atoms with van der Waals surface area (Å²) in [6.45, 7) is 0.397. The van der Waals surface area contributed by atoms with Gasteiger partial charge in [-0.3, -0.25) is 4.79 Å². The molecule has 0 bridgehead atoms. The quantitative estimate of drug-likeness (QED) is 0.491. The van der Waals surface area contributed by atoms with Gasteiger partial charge in [0.1, 0.15) is 4.70 Å². The van der Waals surface area contributed by atoms with E-state index in [1.807, 2.05) is 58.6 Å². The highest BCUT2D eigenvalue weighted by molar-refractivity contribution is 7.16. The van der Waals surface area contributed by atoms with Gasteiger partial charge < -0.3 is 17.0 Å². The van der Waals surface area contributed by atoms with Crippen molar-refractivity contribution in [3.8, 4) is 0 Å². The molecule has 0 aliphatic carbocycles. The zero-order valence-electron chi connectivity index (χ0n) is 10.1. The van der Waals surface area contributed by atoms with Crippen molar-refractivity contribution in [2.24, 2.45) is 0 Å². The predicted octanol–water partition coefficient (Wildman–Crippen LogP) is 0.0757. The number of rotatable bonds is 3. The van der Waals surface area contributed by atoms with Crippen molar-refractivity contribution in [2.75, 3.05) is 0 Å². The van der Waals surface area contributed by atoms with Crippen LogP contribution in [0.25, 0.3) is 10.2 Å². The second-order valence-electron chi connectivity index (χ2n) is 4.11. The van der Waals surface area contributed by atoms with Gasteiger partial charge in [0.05, 0.1) is 0 Å². The number of carbonyl (C=O) groups is 1. The Morgan fingerprint density at radius 1 is 1.00 bits per heavy atom. The maximum Gasteiger partial charge on any atom is 0.227 e. The van der Waals surface area contributed by atoms with Crippen LogP contribution in [0, 0.1) is 0 Å². The fourth-order valence-corrected chi connectivity index (χ4v) is 2.86. The molecule has 0 unspecified atom stereocenters. The molecule has 3 aromatic rings. The van der Waals surface area contributed by atoms with Gasteiger partial charge in [0.15, 0.2) is 0 Å². The molecule has 0 saturated carbocycles. The van der Waals surface area contributed by atoms with E-state index in [1.54, 1.807) is 11.3 Å². The maximum absolute atomic E-state index is 12.1. The third-order valence-electron chi connectivity index (χ3n) is 2.89. The van der Waals surface area contributed by atoms with Gasteiger partial charge in [-0.05, 0) is 6.07 Å². The lowest BCUT2D eigenvalue weighted by Gasteiger charge is -1.96. The Morgan fingerprint density at radius 2 is 1.68 bits per heavy atom. The largest absolute Gasteiger partial charge is 1.00 e. The lowest BCUT2D eigenvalue weighted by Crippen LogP contribution is -3.00. The number of halogens is 1. The van der Waals surface area contributed by atoms with E-state index in [-0.39, 0.29) is 22.8 Å². The molecule has 0 atom stereocenters. The molecule has 2 aromatic carbocycles. The van der Waals surface area contributed by atoms with E-state index in [0.29, 0.717) is 6.54 Å². The van der Waals surface area contributed by atoms with E-state index in [9.17, 15) is 4.79 Å². The van der Waals surface area contributed by atoms with Crippen LogP contribution in [0.4, 0.5) is 0 Å². The lowest BCUT2D eigenvalue weighted by molar-refractivity contribution is -0.652. The Kier molecular flexibility index (Phi) is 4.45. The normalized spacial score (nSPS) is 10.1. The number of para-hydroxylation sites is 1. The van der Waals surface area contributed by atoms with Gasteiger partial charge in [-0.25, -0.2) is 0 Å². The van der Waals surface area contributed by atoms with Crippen LogP contribution in [0.2, 0.25) is 0 Å². The average molecular weight is 334 g/mol. The molecule has 0 spiro atoms. The second kappa shape index (κ2) is 6.08. The van der Waals surface area contributed by atoms with Gasteiger partial charge in [-0.2, -0.15) is 4.57 Å². The molecule has 1 heterocycles. The van der Waals surface area contributed by atoms with Gasteiger partial charge in [0, 0.05) is 11.6 Å². The number of carbonyl (C=O) groups excluding carboxylic acids is 1. The Balaban J connectivity index is 0.00000133. The van der Waals surface area contributed by atoms with Gasteiger partial charge >= 0.3 is 0 Å². The summed E-state index contributed by atoms with van der Waals surface area (Å²) in [5, 5.41) is 0. The monoisotopic (exact) mass is 333 g/mol. The van der Waals surface area contributed by atoms with Crippen LogP contribution in [0.5, 0.6) is 0 Å². The van der Waals surface area contributed by atoms with Crippen molar-refractivity contribution >= 4 is 27.3 Å². The number of Topliss-reactive ketones (excluding diaryl/α,β-unsaturated/α-hetero) is 1. The molecule has 0 saturated heterocycles. The first-order valence-corrected chi connectivity index (χ1v) is 6.66. The summed E-state index contributed by atoms with van der Waals surface area (Å²) in [5.74, 6) is 0.143. The van der Waals surface area contributed by atoms with Gasteiger partial charge in [-0.1, -0.05) is 53.8 Å². The smallest absolute Gasteiger partial charge is 0.227 e. The molecule has 0 N–H and O–H groups in total. The molecule has 0 fully saturated rings. The molecular formula is C15H12BrNOS. The highest BCUT2D eigenvalue weighted by Crippen LogP contribution is 2.15. The van der Waals surface area contributed by atoms with Crippen LogP contribution < -0.4 is 21.5 Å². The minimum Gasteiger partial charge on any atom is -1.00 e. The van der Waals surface area contributed by atoms with Crippen LogP contribution in [0.3, 0.4) is 0 Å². The summed E-state index contributed by atoms with van der Waals surface area (Å²) in [6, 6.07) is 17.6. The minimum atomic E-state index is 0. The highest BCUT2D eigenvalue weighted by atomic mass is 79.9. The van der Waals surface area contributed by atoms with E-state index < -0.39 is 0 Å². The first kappa shape index (κ1) is 13.9. The first-order valence-electron chi connectivity index (χ1n) is 5.78. The third kappa shape index (κ3) is 2.91. The summed E-state index contributed by atoms with van der Waals surface area (Å²) in [7, 11) is 0. The predicted molar refractivity (Wildman–Crippen MR) is 72.8 cm³/mol. The van der Waals surface area contributed by atoms with Crippen molar-refractivity contribution < 1.29 is 26.3 Å². The molecule has 4 heteroatoms. The van der Waals surface area contributed by atoms with Crippen molar-refractivity contribution in [2.45, 2.75) is 6.54 Å². The summed E-state index contributed by atoms with van der Waals surface area (Å²) < 4.78 is 3.22. The van der Waals surface area contributed by atoms with Gasteiger partial charge in [-0.15, -0.1) is 0 Å². The molecule has 0 amide bonds. The Morgan fingerprint density at radius 3 is 2.47 bits per heavy atom. The van der Waals surface area contributed by atoms with Crippen LogP contribution in [-0.2, 0) is 6.54 Å². The zero-order chi connectivity index (χ0) is 12.4. The number of aromatic nitrogens is 1. The average Bonchev–Trinajstić information content (AvgIpc) is 2.83. The number of benzene rings is 2. The summed E-state index contributed by atoms with van der Waals surface area (Å²) in [6.07, 6.45) is 0. The van der Waals surface area contributed by atoms with Crippen LogP contribution in [-0.4, -0.2) is 5.78 Å². The van der Waals surface area contributed by atoms with Gasteiger partial charge in [0.2, 0.25) is 23.4 Å². The molecule has 2 nitrogen and oxygen atoms in total. The molecular weight excluding hydrogens is 322 g/mol. The van der Waals surface area contributed by atoms with Crippen molar-refractivity contribution in [3.63, 3.8) is 0 Å². The molecule has 0 radical (unpaired) electrons.